The molecule has 100 valence electrons. The molecule has 1 aromatic carbocycles. The van der Waals surface area contributed by atoms with Gasteiger partial charge in [0, 0.05) is 5.69 Å². The number of nitrogens with one attached hydrogen (secondary N) is 1. The normalized spacial score (nSPS) is 13.2. The highest BCUT2D eigenvalue weighted by Gasteiger charge is 2.15. The molecule has 3 nitrogen and oxygen atoms in total. The minimum absolute atomic E-state index is 0.0128. The van der Waals surface area contributed by atoms with Crippen LogP contribution in [0.4, 0.5) is 5.69 Å². The molecule has 1 unspecified atom stereocenters. The van der Waals surface area contributed by atoms with Crippen LogP contribution in [-0.4, -0.2) is 17.1 Å². The molecule has 0 aliphatic heterocycles. The first kappa shape index (κ1) is 14.8. The summed E-state index contributed by atoms with van der Waals surface area (Å²) in [4.78, 5) is 11.0. The first-order chi connectivity index (χ1) is 9.17. The maximum absolute atomic E-state index is 11.0. The predicted octanol–water partition coefficient (Wildman–Crippen LogP) is 3.63. The summed E-state index contributed by atoms with van der Waals surface area (Å²) in [5.74, 6) is -0.840. The minimum atomic E-state index is -0.840. The summed E-state index contributed by atoms with van der Waals surface area (Å²) in [6, 6.07) is 9.28. The fourth-order valence-electron chi connectivity index (χ4n) is 1.78. The van der Waals surface area contributed by atoms with E-state index in [1.165, 1.54) is 0 Å². The lowest BCUT2D eigenvalue weighted by Gasteiger charge is -2.19. The van der Waals surface area contributed by atoms with Crippen molar-refractivity contribution in [2.75, 3.05) is 5.32 Å². The topological polar surface area (TPSA) is 49.3 Å². The average Bonchev–Trinajstić information content (AvgIpc) is 2.38. The second kappa shape index (κ2) is 7.93. The van der Waals surface area contributed by atoms with Crippen LogP contribution in [0, 0.1) is 0 Å². The molecular weight excluding hydrogens is 238 g/mol. The number of carboxylic acid groups (broad SMARTS) is 1. The van der Waals surface area contributed by atoms with Gasteiger partial charge in [0.2, 0.25) is 0 Å². The maximum atomic E-state index is 11.0. The van der Waals surface area contributed by atoms with Gasteiger partial charge in [0.05, 0.1) is 12.5 Å². The van der Waals surface area contributed by atoms with Gasteiger partial charge in [0.15, 0.2) is 0 Å². The number of para-hydroxylation sites is 1. The van der Waals surface area contributed by atoms with Crippen molar-refractivity contribution in [3.8, 4) is 0 Å². The monoisotopic (exact) mass is 257 g/mol. The number of hydrogen-bond acceptors (Lipinski definition) is 2. The molecule has 0 aromatic heterocycles. The summed E-state index contributed by atoms with van der Waals surface area (Å²) < 4.78 is 0. The lowest BCUT2D eigenvalue weighted by Crippen LogP contribution is -2.24. The van der Waals surface area contributed by atoms with E-state index in [1.807, 2.05) is 55.5 Å². The highest BCUT2D eigenvalue weighted by Crippen LogP contribution is 2.16. The fraction of sp³-hybridized carbons (Fsp3) is 0.188. The van der Waals surface area contributed by atoms with Crippen LogP contribution in [0.3, 0.4) is 0 Å². The fourth-order valence-corrected chi connectivity index (χ4v) is 1.78. The SMILES string of the molecule is C=CC=C(C=CC)C(CC(=O)O)Nc1ccccc1. The van der Waals surface area contributed by atoms with Crippen LogP contribution in [0.15, 0.2) is 66.8 Å². The largest absolute Gasteiger partial charge is 0.481 e. The van der Waals surface area contributed by atoms with Gasteiger partial charge in [-0.2, -0.15) is 0 Å². The molecule has 1 rings (SSSR count). The van der Waals surface area contributed by atoms with Crippen LogP contribution < -0.4 is 5.32 Å². The van der Waals surface area contributed by atoms with Crippen molar-refractivity contribution in [1.82, 2.24) is 0 Å². The Morgan fingerprint density at radius 1 is 1.42 bits per heavy atom. The Morgan fingerprint density at radius 3 is 2.63 bits per heavy atom. The first-order valence-electron chi connectivity index (χ1n) is 6.16. The summed E-state index contributed by atoms with van der Waals surface area (Å²) >= 11 is 0. The van der Waals surface area contributed by atoms with Crippen molar-refractivity contribution < 1.29 is 9.90 Å². The summed E-state index contributed by atoms with van der Waals surface area (Å²) in [6.45, 7) is 5.57. The third-order valence-electron chi connectivity index (χ3n) is 2.57. The molecular formula is C16H19NO2. The van der Waals surface area contributed by atoms with Crippen LogP contribution in [0.2, 0.25) is 0 Å². The smallest absolute Gasteiger partial charge is 0.305 e. The molecule has 0 aliphatic rings. The molecule has 0 aliphatic carbocycles. The number of anilines is 1. The third-order valence-corrected chi connectivity index (χ3v) is 2.57. The van der Waals surface area contributed by atoms with Gasteiger partial charge in [0.25, 0.3) is 0 Å². The van der Waals surface area contributed by atoms with Crippen LogP contribution in [-0.2, 0) is 4.79 Å². The molecule has 3 heteroatoms. The van der Waals surface area contributed by atoms with E-state index in [1.54, 1.807) is 6.08 Å². The third kappa shape index (κ3) is 5.25. The number of allylic oxidation sites excluding steroid dienone is 3. The zero-order valence-electron chi connectivity index (χ0n) is 11.0. The van der Waals surface area contributed by atoms with Crippen LogP contribution in [0.5, 0.6) is 0 Å². The van der Waals surface area contributed by atoms with Gasteiger partial charge in [-0.1, -0.05) is 49.1 Å². The van der Waals surface area contributed by atoms with E-state index in [4.69, 9.17) is 5.11 Å². The molecule has 0 amide bonds. The van der Waals surface area contributed by atoms with E-state index >= 15 is 0 Å². The molecule has 0 spiro atoms. The standard InChI is InChI=1S/C16H19NO2/c1-3-8-13(9-4-2)15(12-16(18)19)17-14-10-6-5-7-11-14/h3-11,15,17H,1,12H2,2H3,(H,18,19). The quantitative estimate of drug-likeness (QED) is 0.733. The van der Waals surface area contributed by atoms with E-state index in [0.717, 1.165) is 11.3 Å². The summed E-state index contributed by atoms with van der Waals surface area (Å²) in [5.41, 5.74) is 1.79. The molecule has 19 heavy (non-hydrogen) atoms. The average molecular weight is 257 g/mol. The van der Waals surface area contributed by atoms with Crippen molar-refractivity contribution in [2.24, 2.45) is 0 Å². The van der Waals surface area contributed by atoms with E-state index < -0.39 is 5.97 Å². The molecule has 0 saturated heterocycles. The van der Waals surface area contributed by atoms with Gasteiger partial charge in [-0.3, -0.25) is 4.79 Å². The van der Waals surface area contributed by atoms with Gasteiger partial charge in [-0.15, -0.1) is 0 Å². The van der Waals surface area contributed by atoms with Crippen molar-refractivity contribution in [1.29, 1.82) is 0 Å². The summed E-state index contributed by atoms with van der Waals surface area (Å²) in [6.07, 6.45) is 7.28. The molecule has 0 heterocycles. The Labute approximate surface area is 114 Å². The van der Waals surface area contributed by atoms with Gasteiger partial charge in [-0.25, -0.2) is 0 Å². The van der Waals surface area contributed by atoms with Crippen molar-refractivity contribution >= 4 is 11.7 Å². The Kier molecular flexibility index (Phi) is 6.16. The molecule has 2 N–H and O–H groups in total. The van der Waals surface area contributed by atoms with Crippen molar-refractivity contribution in [3.05, 3.63) is 66.8 Å². The predicted molar refractivity (Wildman–Crippen MR) is 79.2 cm³/mol. The number of benzene rings is 1. The molecule has 0 saturated carbocycles. The van der Waals surface area contributed by atoms with Gasteiger partial charge < -0.3 is 10.4 Å². The zero-order valence-corrected chi connectivity index (χ0v) is 11.0. The van der Waals surface area contributed by atoms with Crippen molar-refractivity contribution in [3.63, 3.8) is 0 Å². The number of aliphatic carboxylic acids is 1. The number of hydrogen-bond donors (Lipinski definition) is 2. The Morgan fingerprint density at radius 2 is 2.11 bits per heavy atom. The summed E-state index contributed by atoms with van der Waals surface area (Å²) in [7, 11) is 0. The lowest BCUT2D eigenvalue weighted by atomic mass is 10.0. The minimum Gasteiger partial charge on any atom is -0.481 e. The van der Waals surface area contributed by atoms with Crippen molar-refractivity contribution in [2.45, 2.75) is 19.4 Å². The molecule has 0 radical (unpaired) electrons. The lowest BCUT2D eigenvalue weighted by molar-refractivity contribution is -0.137. The second-order valence-electron chi connectivity index (χ2n) is 4.06. The molecule has 1 aromatic rings. The van der Waals surface area contributed by atoms with Crippen LogP contribution in [0.1, 0.15) is 13.3 Å². The van der Waals surface area contributed by atoms with E-state index in [0.29, 0.717) is 0 Å². The van der Waals surface area contributed by atoms with E-state index in [-0.39, 0.29) is 12.5 Å². The Hall–Kier alpha value is -2.29. The Balaban J connectivity index is 2.96. The van der Waals surface area contributed by atoms with E-state index in [2.05, 4.69) is 11.9 Å². The van der Waals surface area contributed by atoms with Gasteiger partial charge in [0.1, 0.15) is 0 Å². The maximum Gasteiger partial charge on any atom is 0.305 e. The number of rotatable bonds is 7. The van der Waals surface area contributed by atoms with Crippen LogP contribution >= 0.6 is 0 Å². The zero-order chi connectivity index (χ0) is 14.1. The molecule has 0 fully saturated rings. The number of carboxylic acids is 1. The van der Waals surface area contributed by atoms with Crippen LogP contribution in [0.25, 0.3) is 0 Å². The number of carbonyl (C=O) groups is 1. The molecule has 0 bridgehead atoms. The Bertz CT molecular complexity index is 475. The van der Waals surface area contributed by atoms with Gasteiger partial charge >= 0.3 is 5.97 Å². The van der Waals surface area contributed by atoms with E-state index in [9.17, 15) is 4.79 Å². The summed E-state index contributed by atoms with van der Waals surface area (Å²) in [5, 5.41) is 12.3. The second-order valence-corrected chi connectivity index (χ2v) is 4.06. The molecule has 1 atom stereocenters. The highest BCUT2D eigenvalue weighted by atomic mass is 16.4. The van der Waals surface area contributed by atoms with Gasteiger partial charge in [-0.05, 0) is 24.6 Å². The highest BCUT2D eigenvalue weighted by molar-refractivity contribution is 5.69. The first-order valence-corrected chi connectivity index (χ1v) is 6.16.